The molecule has 1 unspecified atom stereocenters. The topological polar surface area (TPSA) is 56.7 Å². The van der Waals surface area contributed by atoms with Crippen molar-refractivity contribution in [2.75, 3.05) is 0 Å². The van der Waals surface area contributed by atoms with Crippen molar-refractivity contribution < 1.29 is 0 Å². The first kappa shape index (κ1) is 10.3. The maximum Gasteiger partial charge on any atom is 0.174 e. The van der Waals surface area contributed by atoms with Crippen LogP contribution in [0, 0.1) is 0 Å². The number of halogens is 1. The van der Waals surface area contributed by atoms with E-state index >= 15 is 0 Å². The molecule has 4 nitrogen and oxygen atoms in total. The number of fused-ring (bicyclic) bond motifs is 1. The number of aromatic nitrogens is 3. The van der Waals surface area contributed by atoms with Gasteiger partial charge in [0.15, 0.2) is 5.82 Å². The molecule has 0 spiro atoms. The van der Waals surface area contributed by atoms with E-state index in [1.807, 2.05) is 12.1 Å². The molecule has 0 radical (unpaired) electrons. The van der Waals surface area contributed by atoms with Crippen LogP contribution >= 0.6 is 22.9 Å². The monoisotopic (exact) mass is 254 g/mol. The average Bonchev–Trinajstić information content (AvgIpc) is 2.83. The number of rotatable bonds is 1. The molecule has 0 aliphatic carbocycles. The van der Waals surface area contributed by atoms with Gasteiger partial charge in [-0.3, -0.25) is 0 Å². The van der Waals surface area contributed by atoms with Crippen LogP contribution in [0.4, 0.5) is 0 Å². The van der Waals surface area contributed by atoms with Crippen molar-refractivity contribution in [1.82, 2.24) is 14.8 Å². The first-order valence-electron chi connectivity index (χ1n) is 5.17. The Kier molecular flexibility index (Phi) is 2.46. The molecule has 6 heteroatoms. The van der Waals surface area contributed by atoms with Crippen molar-refractivity contribution >= 4 is 22.9 Å². The average molecular weight is 255 g/mol. The molecule has 3 heterocycles. The Hall–Kier alpha value is -0.910. The molecule has 0 bridgehead atoms. The molecule has 1 aliphatic rings. The maximum absolute atomic E-state index is 5.92. The van der Waals surface area contributed by atoms with Gasteiger partial charge in [0.05, 0.1) is 9.21 Å². The third-order valence-corrected chi connectivity index (χ3v) is 4.02. The molecule has 0 fully saturated rings. The van der Waals surface area contributed by atoms with Gasteiger partial charge >= 0.3 is 0 Å². The largest absolute Gasteiger partial charge is 0.327 e. The molecule has 3 rings (SSSR count). The summed E-state index contributed by atoms with van der Waals surface area (Å²) in [6, 6.07) is 4.09. The summed E-state index contributed by atoms with van der Waals surface area (Å²) in [5.74, 6) is 1.90. The summed E-state index contributed by atoms with van der Waals surface area (Å²) >= 11 is 7.45. The van der Waals surface area contributed by atoms with Gasteiger partial charge in [-0.15, -0.1) is 21.5 Å². The zero-order valence-electron chi connectivity index (χ0n) is 8.56. The van der Waals surface area contributed by atoms with Gasteiger partial charge in [0.1, 0.15) is 5.82 Å². The van der Waals surface area contributed by atoms with Crippen LogP contribution in [0.3, 0.4) is 0 Å². The second-order valence-electron chi connectivity index (χ2n) is 3.95. The van der Waals surface area contributed by atoms with Crippen molar-refractivity contribution in [3.63, 3.8) is 0 Å². The van der Waals surface area contributed by atoms with E-state index in [0.29, 0.717) is 0 Å². The lowest BCUT2D eigenvalue weighted by atomic mass is 10.1. The van der Waals surface area contributed by atoms with E-state index in [4.69, 9.17) is 17.3 Å². The van der Waals surface area contributed by atoms with E-state index in [-0.39, 0.29) is 6.04 Å². The molecule has 0 saturated carbocycles. The number of hydrogen-bond acceptors (Lipinski definition) is 4. The van der Waals surface area contributed by atoms with E-state index in [0.717, 1.165) is 40.2 Å². The van der Waals surface area contributed by atoms with Crippen LogP contribution in [-0.4, -0.2) is 20.8 Å². The Morgan fingerprint density at radius 1 is 1.44 bits per heavy atom. The molecular weight excluding hydrogens is 244 g/mol. The second-order valence-corrected chi connectivity index (χ2v) is 5.66. The zero-order valence-corrected chi connectivity index (χ0v) is 10.1. The third kappa shape index (κ3) is 1.65. The van der Waals surface area contributed by atoms with Gasteiger partial charge in [0.25, 0.3) is 0 Å². The first-order valence-corrected chi connectivity index (χ1v) is 6.37. The highest BCUT2D eigenvalue weighted by molar-refractivity contribution is 7.19. The van der Waals surface area contributed by atoms with Crippen LogP contribution in [0.2, 0.25) is 4.34 Å². The van der Waals surface area contributed by atoms with Gasteiger partial charge in [-0.25, -0.2) is 0 Å². The summed E-state index contributed by atoms with van der Waals surface area (Å²) in [7, 11) is 0. The lowest BCUT2D eigenvalue weighted by Crippen LogP contribution is -2.31. The lowest BCUT2D eigenvalue weighted by Gasteiger charge is -2.19. The van der Waals surface area contributed by atoms with E-state index in [1.165, 1.54) is 11.3 Å². The fourth-order valence-electron chi connectivity index (χ4n) is 1.97. The van der Waals surface area contributed by atoms with Crippen LogP contribution in [0.25, 0.3) is 10.7 Å². The SMILES string of the molecule is NC1CCn2c(nnc2-c2ccc(Cl)s2)C1. The number of thiophene rings is 1. The van der Waals surface area contributed by atoms with Crippen molar-refractivity contribution in [3.05, 3.63) is 22.3 Å². The number of hydrogen-bond donors (Lipinski definition) is 1. The minimum Gasteiger partial charge on any atom is -0.327 e. The van der Waals surface area contributed by atoms with Crippen LogP contribution in [0.15, 0.2) is 12.1 Å². The van der Waals surface area contributed by atoms with Gasteiger partial charge in [-0.2, -0.15) is 0 Å². The third-order valence-electron chi connectivity index (χ3n) is 2.79. The minimum absolute atomic E-state index is 0.219. The van der Waals surface area contributed by atoms with Crippen molar-refractivity contribution in [3.8, 4) is 10.7 Å². The van der Waals surface area contributed by atoms with Crippen LogP contribution < -0.4 is 5.73 Å². The standard InChI is InChI=1S/C10H11ClN4S/c11-8-2-1-7(16-8)10-14-13-9-5-6(12)3-4-15(9)10/h1-2,6H,3-5,12H2. The molecule has 0 saturated heterocycles. The summed E-state index contributed by atoms with van der Waals surface area (Å²) in [6.45, 7) is 0.897. The summed E-state index contributed by atoms with van der Waals surface area (Å²) in [6.07, 6.45) is 1.79. The molecule has 2 aromatic rings. The highest BCUT2D eigenvalue weighted by Gasteiger charge is 2.21. The first-order chi connectivity index (χ1) is 7.74. The van der Waals surface area contributed by atoms with Crippen LogP contribution in [-0.2, 0) is 13.0 Å². The molecule has 0 amide bonds. The molecule has 0 aromatic carbocycles. The van der Waals surface area contributed by atoms with Crippen molar-refractivity contribution in [1.29, 1.82) is 0 Å². The molecule has 1 aliphatic heterocycles. The maximum atomic E-state index is 5.92. The van der Waals surface area contributed by atoms with Gasteiger partial charge < -0.3 is 10.3 Å². The summed E-state index contributed by atoms with van der Waals surface area (Å²) < 4.78 is 2.92. The highest BCUT2D eigenvalue weighted by Crippen LogP contribution is 2.31. The van der Waals surface area contributed by atoms with E-state index in [2.05, 4.69) is 14.8 Å². The Bertz CT molecular complexity index is 519. The van der Waals surface area contributed by atoms with Crippen LogP contribution in [0.1, 0.15) is 12.2 Å². The Morgan fingerprint density at radius 3 is 3.06 bits per heavy atom. The van der Waals surface area contributed by atoms with E-state index < -0.39 is 0 Å². The molecule has 2 N–H and O–H groups in total. The predicted octanol–water partition coefficient (Wildman–Crippen LogP) is 1.93. The van der Waals surface area contributed by atoms with Gasteiger partial charge in [0, 0.05) is 19.0 Å². The molecule has 84 valence electrons. The Labute approximate surface area is 102 Å². The zero-order chi connectivity index (χ0) is 11.1. The highest BCUT2D eigenvalue weighted by atomic mass is 35.5. The quantitative estimate of drug-likeness (QED) is 0.846. The number of nitrogens with two attached hydrogens (primary N) is 1. The van der Waals surface area contributed by atoms with Gasteiger partial charge in [-0.05, 0) is 18.6 Å². The molecular formula is C10H11ClN4S. The molecule has 1 atom stereocenters. The summed E-state index contributed by atoms with van der Waals surface area (Å²) in [5, 5.41) is 8.41. The molecule has 2 aromatic heterocycles. The second kappa shape index (κ2) is 3.84. The fourth-order valence-corrected chi connectivity index (χ4v) is 3.01. The minimum atomic E-state index is 0.219. The van der Waals surface area contributed by atoms with Gasteiger partial charge in [0.2, 0.25) is 0 Å². The van der Waals surface area contributed by atoms with Gasteiger partial charge in [-0.1, -0.05) is 11.6 Å². The Balaban J connectivity index is 2.03. The fraction of sp³-hybridized carbons (Fsp3) is 0.400. The number of nitrogens with zero attached hydrogens (tertiary/aromatic N) is 3. The van der Waals surface area contributed by atoms with Crippen LogP contribution in [0.5, 0.6) is 0 Å². The lowest BCUT2D eigenvalue weighted by molar-refractivity contribution is 0.466. The van der Waals surface area contributed by atoms with Crippen molar-refractivity contribution in [2.24, 2.45) is 5.73 Å². The normalized spacial score (nSPS) is 19.8. The molecule has 16 heavy (non-hydrogen) atoms. The van der Waals surface area contributed by atoms with Crippen molar-refractivity contribution in [2.45, 2.75) is 25.4 Å². The summed E-state index contributed by atoms with van der Waals surface area (Å²) in [5.41, 5.74) is 5.90. The predicted molar refractivity (Wildman–Crippen MR) is 64.6 cm³/mol. The Morgan fingerprint density at radius 2 is 2.31 bits per heavy atom. The van der Waals surface area contributed by atoms with E-state index in [9.17, 15) is 0 Å². The van der Waals surface area contributed by atoms with E-state index in [1.54, 1.807) is 0 Å². The smallest absolute Gasteiger partial charge is 0.174 e. The summed E-state index contributed by atoms with van der Waals surface area (Å²) in [4.78, 5) is 1.07.